The van der Waals surface area contributed by atoms with Crippen molar-refractivity contribution in [1.29, 1.82) is 0 Å². The summed E-state index contributed by atoms with van der Waals surface area (Å²) in [5.41, 5.74) is 3.72. The Balaban J connectivity index is 1.67. The van der Waals surface area contributed by atoms with E-state index >= 15 is 0 Å². The number of nitrogens with one attached hydrogen (secondary N) is 2. The minimum atomic E-state index is -0.691. The van der Waals surface area contributed by atoms with E-state index in [4.69, 9.17) is 14.5 Å². The number of rotatable bonds is 5. The predicted molar refractivity (Wildman–Crippen MR) is 125 cm³/mol. The summed E-state index contributed by atoms with van der Waals surface area (Å²) in [6.07, 6.45) is 1.96. The van der Waals surface area contributed by atoms with Gasteiger partial charge in [-0.05, 0) is 32.6 Å². The fraction of sp³-hybridized carbons (Fsp3) is 0.560. The van der Waals surface area contributed by atoms with Crippen LogP contribution in [0.4, 0.5) is 4.79 Å². The van der Waals surface area contributed by atoms with E-state index in [2.05, 4.69) is 41.5 Å². The Labute approximate surface area is 195 Å². The molecule has 8 heteroatoms. The topological polar surface area (TPSA) is 96.6 Å². The molecule has 8 nitrogen and oxygen atoms in total. The molecule has 33 heavy (non-hydrogen) atoms. The summed E-state index contributed by atoms with van der Waals surface area (Å²) in [7, 11) is 1.30. The maximum Gasteiger partial charge on any atom is 0.407 e. The van der Waals surface area contributed by atoms with Gasteiger partial charge in [-0.1, -0.05) is 43.7 Å². The van der Waals surface area contributed by atoms with Crippen LogP contribution >= 0.6 is 0 Å². The van der Waals surface area contributed by atoms with Crippen LogP contribution in [0, 0.1) is 19.8 Å². The van der Waals surface area contributed by atoms with Crippen LogP contribution in [0.3, 0.4) is 0 Å². The van der Waals surface area contributed by atoms with Gasteiger partial charge >= 0.3 is 6.09 Å². The highest BCUT2D eigenvalue weighted by Gasteiger charge is 2.51. The molecule has 2 aliphatic heterocycles. The first-order chi connectivity index (χ1) is 15.7. The zero-order valence-electron chi connectivity index (χ0n) is 20.1. The summed E-state index contributed by atoms with van der Waals surface area (Å²) < 4.78 is 10.9. The van der Waals surface area contributed by atoms with Crippen LogP contribution in [-0.2, 0) is 14.3 Å². The van der Waals surface area contributed by atoms with Crippen molar-refractivity contribution >= 4 is 12.0 Å². The minimum absolute atomic E-state index is 0.0975. The van der Waals surface area contributed by atoms with Crippen LogP contribution in [0.1, 0.15) is 56.2 Å². The second-order valence-corrected chi connectivity index (χ2v) is 9.64. The lowest BCUT2D eigenvalue weighted by molar-refractivity contribution is -0.136. The predicted octanol–water partition coefficient (Wildman–Crippen LogP) is 3.90. The molecular formula is C25H34N4O4. The van der Waals surface area contributed by atoms with E-state index < -0.39 is 12.1 Å². The number of aromatic amines is 1. The third kappa shape index (κ3) is 4.62. The Hall–Kier alpha value is -2.87. The number of likely N-dealkylation sites (tertiary alicyclic amines) is 1. The molecule has 178 valence electrons. The van der Waals surface area contributed by atoms with Crippen molar-refractivity contribution in [3.8, 4) is 11.3 Å². The van der Waals surface area contributed by atoms with Gasteiger partial charge in [0.25, 0.3) is 0 Å². The van der Waals surface area contributed by atoms with Gasteiger partial charge in [-0.15, -0.1) is 0 Å². The average molecular weight is 455 g/mol. The molecule has 3 heterocycles. The number of alkyl carbamates (subject to hydrolysis) is 1. The van der Waals surface area contributed by atoms with Crippen LogP contribution < -0.4 is 5.32 Å². The highest BCUT2D eigenvalue weighted by molar-refractivity contribution is 5.86. The van der Waals surface area contributed by atoms with E-state index in [9.17, 15) is 9.59 Å². The van der Waals surface area contributed by atoms with E-state index in [0.717, 1.165) is 35.6 Å². The highest BCUT2D eigenvalue weighted by Crippen LogP contribution is 2.45. The van der Waals surface area contributed by atoms with Crippen LogP contribution in [0.2, 0.25) is 0 Å². The summed E-state index contributed by atoms with van der Waals surface area (Å²) >= 11 is 0. The van der Waals surface area contributed by atoms with Crippen molar-refractivity contribution in [2.45, 2.75) is 64.6 Å². The number of ether oxygens (including phenoxy) is 2. The van der Waals surface area contributed by atoms with Gasteiger partial charge in [0.05, 0.1) is 31.0 Å². The van der Waals surface area contributed by atoms with Crippen LogP contribution in [0.25, 0.3) is 11.3 Å². The zero-order valence-corrected chi connectivity index (χ0v) is 20.1. The maximum absolute atomic E-state index is 13.7. The Bertz CT molecular complexity index is 1010. The normalized spacial score (nSPS) is 23.3. The summed E-state index contributed by atoms with van der Waals surface area (Å²) in [4.78, 5) is 35.9. The smallest absolute Gasteiger partial charge is 0.407 e. The van der Waals surface area contributed by atoms with E-state index in [0.29, 0.717) is 19.6 Å². The number of carbonyl (C=O) groups is 2. The molecule has 2 fully saturated rings. The number of methoxy groups -OCH3 is 1. The first-order valence-corrected chi connectivity index (χ1v) is 11.7. The Morgan fingerprint density at radius 1 is 1.27 bits per heavy atom. The molecule has 2 amide bonds. The van der Waals surface area contributed by atoms with Crippen LogP contribution in [0.15, 0.2) is 24.3 Å². The van der Waals surface area contributed by atoms with Gasteiger partial charge in [0, 0.05) is 24.3 Å². The standard InChI is InChI=1S/C25H34N4O4/c1-15(2)20(28-24(31)32-5)23(30)29-14-25(11-6-12-33-25)13-19(29)22-26-17(4)21(27-22)18-9-7-16(3)8-10-18/h7-10,15,19-20H,6,11-14H2,1-5H3,(H,26,27)(H,28,31)/t19-,20-,25-/m0/s1. The third-order valence-electron chi connectivity index (χ3n) is 6.80. The SMILES string of the molecule is COC(=O)N[C@H](C(=O)N1C[C@]2(CCCO2)C[C@H]1c1nc(-c2ccc(C)cc2)c(C)[nH]1)C(C)C. The summed E-state index contributed by atoms with van der Waals surface area (Å²) in [5, 5.41) is 2.72. The monoisotopic (exact) mass is 454 g/mol. The molecule has 0 bridgehead atoms. The number of imidazole rings is 1. The van der Waals surface area contributed by atoms with Crippen molar-refractivity contribution in [1.82, 2.24) is 20.2 Å². The highest BCUT2D eigenvalue weighted by atomic mass is 16.5. The van der Waals surface area contributed by atoms with E-state index in [1.807, 2.05) is 25.7 Å². The number of hydrogen-bond donors (Lipinski definition) is 2. The van der Waals surface area contributed by atoms with Gasteiger partial charge in [0.1, 0.15) is 11.9 Å². The van der Waals surface area contributed by atoms with Gasteiger partial charge in [-0.2, -0.15) is 0 Å². The summed E-state index contributed by atoms with van der Waals surface area (Å²) in [6.45, 7) is 9.08. The molecular weight excluding hydrogens is 420 g/mol. The zero-order chi connectivity index (χ0) is 23.8. The van der Waals surface area contributed by atoms with Gasteiger partial charge in [-0.3, -0.25) is 4.79 Å². The van der Waals surface area contributed by atoms with Crippen LogP contribution in [0.5, 0.6) is 0 Å². The van der Waals surface area contributed by atoms with Gasteiger partial charge in [-0.25, -0.2) is 9.78 Å². The molecule has 0 unspecified atom stereocenters. The molecule has 2 aliphatic rings. The van der Waals surface area contributed by atoms with E-state index in [1.54, 1.807) is 0 Å². The number of carbonyl (C=O) groups excluding carboxylic acids is 2. The molecule has 4 rings (SSSR count). The Morgan fingerprint density at radius 3 is 2.61 bits per heavy atom. The Morgan fingerprint density at radius 2 is 2.00 bits per heavy atom. The van der Waals surface area contributed by atoms with Crippen molar-refractivity contribution in [3.63, 3.8) is 0 Å². The molecule has 0 saturated carbocycles. The molecule has 2 aromatic rings. The van der Waals surface area contributed by atoms with E-state index in [1.165, 1.54) is 12.7 Å². The largest absolute Gasteiger partial charge is 0.453 e. The molecule has 2 saturated heterocycles. The molecule has 1 spiro atoms. The van der Waals surface area contributed by atoms with Crippen molar-refractivity contribution in [2.75, 3.05) is 20.3 Å². The lowest BCUT2D eigenvalue weighted by atomic mass is 9.96. The summed E-state index contributed by atoms with van der Waals surface area (Å²) in [6, 6.07) is 7.33. The number of nitrogens with zero attached hydrogens (tertiary/aromatic N) is 2. The minimum Gasteiger partial charge on any atom is -0.453 e. The number of aryl methyl sites for hydroxylation is 2. The van der Waals surface area contributed by atoms with Gasteiger partial charge < -0.3 is 24.7 Å². The number of H-pyrrole nitrogens is 1. The third-order valence-corrected chi connectivity index (χ3v) is 6.80. The van der Waals surface area contributed by atoms with Crippen molar-refractivity contribution in [3.05, 3.63) is 41.3 Å². The fourth-order valence-corrected chi connectivity index (χ4v) is 4.98. The Kier molecular flexibility index (Phi) is 6.47. The molecule has 0 radical (unpaired) electrons. The van der Waals surface area contributed by atoms with E-state index in [-0.39, 0.29) is 23.5 Å². The lowest BCUT2D eigenvalue weighted by Crippen LogP contribution is -2.51. The first-order valence-electron chi connectivity index (χ1n) is 11.7. The number of benzene rings is 1. The molecule has 1 aromatic heterocycles. The van der Waals surface area contributed by atoms with Gasteiger partial charge in [0.15, 0.2) is 0 Å². The first kappa shape index (κ1) is 23.3. The number of aromatic nitrogens is 2. The second kappa shape index (κ2) is 9.17. The molecule has 0 aliphatic carbocycles. The average Bonchev–Trinajstić information content (AvgIpc) is 3.51. The fourth-order valence-electron chi connectivity index (χ4n) is 4.98. The molecule has 3 atom stereocenters. The van der Waals surface area contributed by atoms with Gasteiger partial charge in [0.2, 0.25) is 5.91 Å². The van der Waals surface area contributed by atoms with Crippen LogP contribution in [-0.4, -0.2) is 58.8 Å². The van der Waals surface area contributed by atoms with Crippen molar-refractivity contribution in [2.24, 2.45) is 5.92 Å². The maximum atomic E-state index is 13.7. The lowest BCUT2D eigenvalue weighted by Gasteiger charge is -2.30. The second-order valence-electron chi connectivity index (χ2n) is 9.64. The summed E-state index contributed by atoms with van der Waals surface area (Å²) in [5.74, 6) is 0.517. The molecule has 1 aromatic carbocycles. The quantitative estimate of drug-likeness (QED) is 0.714. The molecule has 2 N–H and O–H groups in total. The van der Waals surface area contributed by atoms with Crippen molar-refractivity contribution < 1.29 is 19.1 Å². The number of hydrogen-bond acceptors (Lipinski definition) is 5. The number of amides is 2.